The summed E-state index contributed by atoms with van der Waals surface area (Å²) in [7, 11) is 0.345. The normalized spacial score (nSPS) is 11.8. The molecule has 0 saturated carbocycles. The molecule has 0 unspecified atom stereocenters. The van der Waals surface area contributed by atoms with Crippen molar-refractivity contribution < 1.29 is 8.42 Å². The molecule has 20 heavy (non-hydrogen) atoms. The summed E-state index contributed by atoms with van der Waals surface area (Å²) < 4.78 is 27.2. The molecule has 0 aliphatic rings. The lowest BCUT2D eigenvalue weighted by atomic mass is 10.1. The molecule has 0 fully saturated rings. The molecular weight excluding hydrogens is 292 g/mol. The van der Waals surface area contributed by atoms with Gasteiger partial charge in [-0.05, 0) is 12.1 Å². The predicted molar refractivity (Wildman–Crippen MR) is 85.9 cm³/mol. The SMILES string of the molecule is CN(C)c1cccc2c(S(=O)(=O)NCC[S])cccc12. The molecule has 1 N–H and O–H groups in total. The van der Waals surface area contributed by atoms with E-state index in [9.17, 15) is 8.42 Å². The van der Waals surface area contributed by atoms with Crippen LogP contribution in [0.1, 0.15) is 0 Å². The number of benzene rings is 2. The topological polar surface area (TPSA) is 49.4 Å². The molecule has 2 aromatic carbocycles. The highest BCUT2D eigenvalue weighted by Gasteiger charge is 2.17. The van der Waals surface area contributed by atoms with Crippen LogP contribution in [0.3, 0.4) is 0 Å². The van der Waals surface area contributed by atoms with E-state index < -0.39 is 10.0 Å². The summed E-state index contributed by atoms with van der Waals surface area (Å²) in [5, 5.41) is 1.63. The highest BCUT2D eigenvalue weighted by atomic mass is 32.2. The zero-order chi connectivity index (χ0) is 14.8. The van der Waals surface area contributed by atoms with Gasteiger partial charge in [-0.3, -0.25) is 0 Å². The zero-order valence-electron chi connectivity index (χ0n) is 11.5. The average Bonchev–Trinajstić information content (AvgIpc) is 2.43. The quantitative estimate of drug-likeness (QED) is 0.922. The van der Waals surface area contributed by atoms with E-state index in [2.05, 4.69) is 4.72 Å². The Balaban J connectivity index is 2.64. The Bertz CT molecular complexity index is 712. The van der Waals surface area contributed by atoms with Gasteiger partial charge in [-0.1, -0.05) is 36.9 Å². The van der Waals surface area contributed by atoms with Crippen LogP contribution in [0, 0.1) is 0 Å². The Kier molecular flexibility index (Phi) is 4.57. The van der Waals surface area contributed by atoms with Crippen molar-refractivity contribution in [1.29, 1.82) is 0 Å². The standard InChI is InChI=1S/C14H17N2O2S2/c1-16(2)13-7-3-6-12-11(13)5-4-8-14(12)20(17,18)15-9-10-19/h3-8,15H,9-10H2,1-2H3. The molecule has 0 aliphatic carbocycles. The van der Waals surface area contributed by atoms with E-state index in [0.717, 1.165) is 16.5 Å². The molecule has 0 aromatic heterocycles. The van der Waals surface area contributed by atoms with Gasteiger partial charge in [-0.2, -0.15) is 0 Å². The van der Waals surface area contributed by atoms with E-state index in [1.807, 2.05) is 43.3 Å². The van der Waals surface area contributed by atoms with Gasteiger partial charge in [0.1, 0.15) is 0 Å². The van der Waals surface area contributed by atoms with Crippen LogP contribution in [0.5, 0.6) is 0 Å². The van der Waals surface area contributed by atoms with Gasteiger partial charge in [-0.15, -0.1) is 0 Å². The second kappa shape index (κ2) is 6.03. The van der Waals surface area contributed by atoms with Gasteiger partial charge >= 0.3 is 0 Å². The number of hydrogen-bond acceptors (Lipinski definition) is 3. The van der Waals surface area contributed by atoms with Crippen LogP contribution in [0.2, 0.25) is 0 Å². The first-order chi connectivity index (χ1) is 9.47. The number of nitrogens with one attached hydrogen (secondary N) is 1. The third kappa shape index (κ3) is 2.92. The lowest BCUT2D eigenvalue weighted by molar-refractivity contribution is 0.585. The molecule has 2 aromatic rings. The lowest BCUT2D eigenvalue weighted by Crippen LogP contribution is -2.25. The van der Waals surface area contributed by atoms with Gasteiger partial charge < -0.3 is 4.90 Å². The third-order valence-electron chi connectivity index (χ3n) is 3.02. The number of sulfonamides is 1. The van der Waals surface area contributed by atoms with Gasteiger partial charge in [-0.25, -0.2) is 13.1 Å². The van der Waals surface area contributed by atoms with Gasteiger partial charge in [0.2, 0.25) is 10.0 Å². The van der Waals surface area contributed by atoms with Gasteiger partial charge in [0.15, 0.2) is 0 Å². The Morgan fingerprint density at radius 1 is 1.10 bits per heavy atom. The van der Waals surface area contributed by atoms with E-state index in [1.165, 1.54) is 0 Å². The molecule has 2 rings (SSSR count). The molecule has 1 radical (unpaired) electrons. The summed E-state index contributed by atoms with van der Waals surface area (Å²) >= 11 is 4.79. The number of anilines is 1. The predicted octanol–water partition coefficient (Wildman–Crippen LogP) is 2.38. The maximum Gasteiger partial charge on any atom is 0.241 e. The van der Waals surface area contributed by atoms with Crippen molar-refractivity contribution >= 4 is 39.1 Å². The minimum atomic E-state index is -3.53. The number of rotatable bonds is 5. The van der Waals surface area contributed by atoms with E-state index in [-0.39, 0.29) is 6.54 Å². The van der Waals surface area contributed by atoms with Crippen molar-refractivity contribution in [3.63, 3.8) is 0 Å². The lowest BCUT2D eigenvalue weighted by Gasteiger charge is -2.17. The average molecular weight is 309 g/mol. The molecule has 0 aliphatic heterocycles. The first-order valence-corrected chi connectivity index (χ1v) is 8.30. The van der Waals surface area contributed by atoms with Crippen molar-refractivity contribution in [2.24, 2.45) is 0 Å². The van der Waals surface area contributed by atoms with Crippen LogP contribution in [0.15, 0.2) is 41.3 Å². The van der Waals surface area contributed by atoms with Crippen LogP contribution in [-0.2, 0) is 10.0 Å². The minimum Gasteiger partial charge on any atom is -0.377 e. The van der Waals surface area contributed by atoms with Crippen LogP contribution in [-0.4, -0.2) is 34.8 Å². The zero-order valence-corrected chi connectivity index (χ0v) is 13.1. The Morgan fingerprint density at radius 2 is 1.75 bits per heavy atom. The molecule has 0 bridgehead atoms. The Labute approximate surface area is 125 Å². The fraction of sp³-hybridized carbons (Fsp3) is 0.286. The highest BCUT2D eigenvalue weighted by Crippen LogP contribution is 2.29. The second-order valence-corrected chi connectivity index (χ2v) is 6.77. The minimum absolute atomic E-state index is 0.265. The maximum absolute atomic E-state index is 12.3. The second-order valence-electron chi connectivity index (χ2n) is 4.62. The summed E-state index contributed by atoms with van der Waals surface area (Å²) in [6.45, 7) is 0.265. The first-order valence-electron chi connectivity index (χ1n) is 6.24. The highest BCUT2D eigenvalue weighted by molar-refractivity contribution is 7.89. The van der Waals surface area contributed by atoms with E-state index in [0.29, 0.717) is 10.6 Å². The fourth-order valence-corrected chi connectivity index (χ4v) is 3.63. The molecule has 0 atom stereocenters. The monoisotopic (exact) mass is 309 g/mol. The largest absolute Gasteiger partial charge is 0.377 e. The molecule has 4 nitrogen and oxygen atoms in total. The van der Waals surface area contributed by atoms with Gasteiger partial charge in [0.05, 0.1) is 4.90 Å². The Morgan fingerprint density at radius 3 is 2.40 bits per heavy atom. The van der Waals surface area contributed by atoms with Crippen LogP contribution in [0.25, 0.3) is 10.8 Å². The number of hydrogen-bond donors (Lipinski definition) is 1. The molecule has 0 saturated heterocycles. The van der Waals surface area contributed by atoms with Crippen molar-refractivity contribution in [1.82, 2.24) is 4.72 Å². The third-order valence-corrected chi connectivity index (χ3v) is 4.75. The van der Waals surface area contributed by atoms with Crippen molar-refractivity contribution in [2.45, 2.75) is 4.90 Å². The first kappa shape index (κ1) is 15.2. The van der Waals surface area contributed by atoms with Crippen molar-refractivity contribution in [3.8, 4) is 0 Å². The summed E-state index contributed by atoms with van der Waals surface area (Å²) in [4.78, 5) is 2.26. The summed E-state index contributed by atoms with van der Waals surface area (Å²) in [5.74, 6) is 0.354. The van der Waals surface area contributed by atoms with E-state index >= 15 is 0 Å². The smallest absolute Gasteiger partial charge is 0.241 e. The van der Waals surface area contributed by atoms with E-state index in [1.54, 1.807) is 12.1 Å². The molecule has 0 heterocycles. The molecule has 6 heteroatoms. The molecule has 107 valence electrons. The van der Waals surface area contributed by atoms with Gasteiger partial charge in [0, 0.05) is 42.9 Å². The van der Waals surface area contributed by atoms with E-state index in [4.69, 9.17) is 12.6 Å². The summed E-state index contributed by atoms with van der Waals surface area (Å²) in [6, 6.07) is 11.0. The van der Waals surface area contributed by atoms with Crippen molar-refractivity contribution in [2.75, 3.05) is 31.3 Å². The maximum atomic E-state index is 12.3. The fourth-order valence-electron chi connectivity index (χ4n) is 2.14. The van der Waals surface area contributed by atoms with Crippen LogP contribution < -0.4 is 9.62 Å². The number of nitrogens with zero attached hydrogens (tertiary/aromatic N) is 1. The molecule has 0 amide bonds. The summed E-state index contributed by atoms with van der Waals surface area (Å²) in [5.41, 5.74) is 0.989. The van der Waals surface area contributed by atoms with Gasteiger partial charge in [0.25, 0.3) is 0 Å². The molecular formula is C14H17N2O2S2. The van der Waals surface area contributed by atoms with Crippen LogP contribution in [0.4, 0.5) is 5.69 Å². The summed E-state index contributed by atoms with van der Waals surface area (Å²) in [6.07, 6.45) is 0. The number of fused-ring (bicyclic) bond motifs is 1. The van der Waals surface area contributed by atoms with Crippen LogP contribution >= 0.6 is 12.6 Å². The molecule has 0 spiro atoms. The van der Waals surface area contributed by atoms with Crippen molar-refractivity contribution in [3.05, 3.63) is 36.4 Å². The Hall–Kier alpha value is -1.24.